The van der Waals surface area contributed by atoms with Gasteiger partial charge in [0, 0.05) is 26.1 Å². The van der Waals surface area contributed by atoms with Crippen molar-refractivity contribution in [3.8, 4) is 0 Å². The lowest BCUT2D eigenvalue weighted by Gasteiger charge is -2.24. The van der Waals surface area contributed by atoms with Gasteiger partial charge in [-0.05, 0) is 45.2 Å². The van der Waals surface area contributed by atoms with Crippen molar-refractivity contribution in [1.82, 2.24) is 9.80 Å². The number of carbonyl (C=O) groups excluding carboxylic acids is 1. The minimum absolute atomic E-state index is 0.0790. The Labute approximate surface area is 114 Å². The Hall–Kier alpha value is -1.10. The molecule has 1 saturated carbocycles. The average molecular weight is 268 g/mol. The van der Waals surface area contributed by atoms with Gasteiger partial charge in [0.2, 0.25) is 5.91 Å². The molecule has 1 saturated heterocycles. The summed E-state index contributed by atoms with van der Waals surface area (Å²) in [4.78, 5) is 27.3. The molecule has 1 heterocycles. The van der Waals surface area contributed by atoms with E-state index in [1.807, 2.05) is 7.05 Å². The Morgan fingerprint density at radius 1 is 1.21 bits per heavy atom. The number of likely N-dealkylation sites (N-methyl/N-ethyl adjacent to an activating group) is 1. The lowest BCUT2D eigenvalue weighted by Crippen LogP contribution is -2.38. The summed E-state index contributed by atoms with van der Waals surface area (Å²) in [5, 5.41) is 8.97. The largest absolute Gasteiger partial charge is 0.481 e. The van der Waals surface area contributed by atoms with Gasteiger partial charge in [-0.25, -0.2) is 0 Å². The van der Waals surface area contributed by atoms with Gasteiger partial charge >= 0.3 is 5.97 Å². The Bertz CT molecular complexity index is 340. The van der Waals surface area contributed by atoms with Crippen molar-refractivity contribution in [2.75, 3.05) is 33.2 Å². The van der Waals surface area contributed by atoms with Crippen molar-refractivity contribution in [2.45, 2.75) is 32.1 Å². The number of aliphatic carboxylic acids is 1. The molecule has 19 heavy (non-hydrogen) atoms. The summed E-state index contributed by atoms with van der Waals surface area (Å²) in [7, 11) is 1.84. The molecule has 2 aliphatic rings. The molecule has 1 amide bonds. The van der Waals surface area contributed by atoms with E-state index < -0.39 is 5.97 Å². The Balaban J connectivity index is 1.74. The SMILES string of the molecule is CN(CCN1CCCC1)C(=O)[C@@H]1CC[C@H](C(=O)O)C1. The van der Waals surface area contributed by atoms with Crippen molar-refractivity contribution in [2.24, 2.45) is 11.8 Å². The normalized spacial score (nSPS) is 27.6. The summed E-state index contributed by atoms with van der Waals surface area (Å²) >= 11 is 0. The molecule has 2 rings (SSSR count). The average Bonchev–Trinajstić information content (AvgIpc) is 3.05. The lowest BCUT2D eigenvalue weighted by atomic mass is 10.0. The van der Waals surface area contributed by atoms with Crippen LogP contribution >= 0.6 is 0 Å². The molecule has 0 unspecified atom stereocenters. The summed E-state index contributed by atoms with van der Waals surface area (Å²) < 4.78 is 0. The zero-order valence-electron chi connectivity index (χ0n) is 11.7. The molecule has 5 nitrogen and oxygen atoms in total. The zero-order chi connectivity index (χ0) is 13.8. The summed E-state index contributed by atoms with van der Waals surface area (Å²) in [6.07, 6.45) is 4.42. The number of hydrogen-bond acceptors (Lipinski definition) is 3. The van der Waals surface area contributed by atoms with E-state index in [2.05, 4.69) is 4.90 Å². The molecule has 0 aromatic rings. The second kappa shape index (κ2) is 6.37. The molecule has 0 spiro atoms. The van der Waals surface area contributed by atoms with Gasteiger partial charge < -0.3 is 14.9 Å². The summed E-state index contributed by atoms with van der Waals surface area (Å²) in [5.74, 6) is -1.02. The number of carboxylic acids is 1. The smallest absolute Gasteiger partial charge is 0.306 e. The number of carbonyl (C=O) groups is 2. The molecular formula is C14H24N2O3. The molecule has 5 heteroatoms. The molecule has 108 valence electrons. The first-order valence-corrected chi connectivity index (χ1v) is 7.28. The van der Waals surface area contributed by atoms with Crippen LogP contribution in [-0.2, 0) is 9.59 Å². The van der Waals surface area contributed by atoms with Gasteiger partial charge in [0.25, 0.3) is 0 Å². The molecule has 1 aliphatic carbocycles. The topological polar surface area (TPSA) is 60.9 Å². The van der Waals surface area contributed by atoms with Crippen LogP contribution in [0.15, 0.2) is 0 Å². The van der Waals surface area contributed by atoms with Crippen molar-refractivity contribution in [1.29, 1.82) is 0 Å². The second-order valence-corrected chi connectivity index (χ2v) is 5.85. The minimum atomic E-state index is -0.755. The summed E-state index contributed by atoms with van der Waals surface area (Å²) in [6, 6.07) is 0. The van der Waals surface area contributed by atoms with Gasteiger partial charge in [-0.1, -0.05) is 0 Å². The van der Waals surface area contributed by atoms with Crippen LogP contribution in [0.5, 0.6) is 0 Å². The first-order chi connectivity index (χ1) is 9.08. The zero-order valence-corrected chi connectivity index (χ0v) is 11.7. The maximum Gasteiger partial charge on any atom is 0.306 e. The van der Waals surface area contributed by atoms with Crippen LogP contribution in [-0.4, -0.2) is 60.0 Å². The number of amides is 1. The maximum absolute atomic E-state index is 12.2. The van der Waals surface area contributed by atoms with Gasteiger partial charge in [0.1, 0.15) is 0 Å². The molecule has 0 aromatic carbocycles. The van der Waals surface area contributed by atoms with Gasteiger partial charge in [-0.15, -0.1) is 0 Å². The molecule has 2 fully saturated rings. The predicted molar refractivity (Wildman–Crippen MR) is 71.8 cm³/mol. The highest BCUT2D eigenvalue weighted by Crippen LogP contribution is 2.32. The highest BCUT2D eigenvalue weighted by atomic mass is 16.4. The molecule has 1 aliphatic heterocycles. The van der Waals surface area contributed by atoms with Crippen LogP contribution < -0.4 is 0 Å². The highest BCUT2D eigenvalue weighted by Gasteiger charge is 2.35. The molecular weight excluding hydrogens is 244 g/mol. The summed E-state index contributed by atoms with van der Waals surface area (Å²) in [6.45, 7) is 3.99. The number of carboxylic acid groups (broad SMARTS) is 1. The van der Waals surface area contributed by atoms with E-state index in [9.17, 15) is 9.59 Å². The Morgan fingerprint density at radius 3 is 2.42 bits per heavy atom. The van der Waals surface area contributed by atoms with E-state index in [0.29, 0.717) is 12.8 Å². The van der Waals surface area contributed by atoms with E-state index in [1.54, 1.807) is 4.90 Å². The number of likely N-dealkylation sites (tertiary alicyclic amines) is 1. The van der Waals surface area contributed by atoms with Crippen molar-refractivity contribution < 1.29 is 14.7 Å². The van der Waals surface area contributed by atoms with Crippen molar-refractivity contribution in [3.05, 3.63) is 0 Å². The summed E-state index contributed by atoms with van der Waals surface area (Å²) in [5.41, 5.74) is 0. The fraction of sp³-hybridized carbons (Fsp3) is 0.857. The van der Waals surface area contributed by atoms with Crippen molar-refractivity contribution in [3.63, 3.8) is 0 Å². The van der Waals surface area contributed by atoms with E-state index in [0.717, 1.165) is 32.6 Å². The molecule has 2 atom stereocenters. The van der Waals surface area contributed by atoms with Gasteiger partial charge in [-0.3, -0.25) is 9.59 Å². The molecule has 0 bridgehead atoms. The van der Waals surface area contributed by atoms with Crippen LogP contribution in [0, 0.1) is 11.8 Å². The third-order valence-corrected chi connectivity index (χ3v) is 4.46. The lowest BCUT2D eigenvalue weighted by molar-refractivity contribution is -0.141. The monoisotopic (exact) mass is 268 g/mol. The first kappa shape index (κ1) is 14.3. The maximum atomic E-state index is 12.2. The van der Waals surface area contributed by atoms with Crippen LogP contribution in [0.25, 0.3) is 0 Å². The molecule has 0 radical (unpaired) electrons. The molecule has 0 aromatic heterocycles. The Kier molecular flexibility index (Phi) is 4.80. The van der Waals surface area contributed by atoms with E-state index in [-0.39, 0.29) is 17.7 Å². The van der Waals surface area contributed by atoms with Crippen LogP contribution in [0.1, 0.15) is 32.1 Å². The van der Waals surface area contributed by atoms with Crippen LogP contribution in [0.2, 0.25) is 0 Å². The fourth-order valence-electron chi connectivity index (χ4n) is 3.15. The van der Waals surface area contributed by atoms with Gasteiger partial charge in [0.15, 0.2) is 0 Å². The van der Waals surface area contributed by atoms with E-state index in [1.165, 1.54) is 12.8 Å². The minimum Gasteiger partial charge on any atom is -0.481 e. The van der Waals surface area contributed by atoms with Gasteiger partial charge in [-0.2, -0.15) is 0 Å². The number of nitrogens with zero attached hydrogens (tertiary/aromatic N) is 2. The van der Waals surface area contributed by atoms with Gasteiger partial charge in [0.05, 0.1) is 5.92 Å². The second-order valence-electron chi connectivity index (χ2n) is 5.85. The fourth-order valence-corrected chi connectivity index (χ4v) is 3.15. The first-order valence-electron chi connectivity index (χ1n) is 7.28. The standard InChI is InChI=1S/C14H24N2O3/c1-15(8-9-16-6-2-3-7-16)13(17)11-4-5-12(10-11)14(18)19/h11-12H,2-10H2,1H3,(H,18,19)/t11-,12+/m1/s1. The number of hydrogen-bond donors (Lipinski definition) is 1. The van der Waals surface area contributed by atoms with E-state index in [4.69, 9.17) is 5.11 Å². The molecule has 1 N–H and O–H groups in total. The van der Waals surface area contributed by atoms with Crippen LogP contribution in [0.4, 0.5) is 0 Å². The van der Waals surface area contributed by atoms with Crippen LogP contribution in [0.3, 0.4) is 0 Å². The highest BCUT2D eigenvalue weighted by molar-refractivity contribution is 5.80. The quantitative estimate of drug-likeness (QED) is 0.809. The Morgan fingerprint density at radius 2 is 1.84 bits per heavy atom. The number of rotatable bonds is 5. The predicted octanol–water partition coefficient (Wildman–Crippen LogP) is 1.04. The van der Waals surface area contributed by atoms with E-state index >= 15 is 0 Å². The third-order valence-electron chi connectivity index (χ3n) is 4.46. The third kappa shape index (κ3) is 3.69. The van der Waals surface area contributed by atoms with Crippen molar-refractivity contribution >= 4 is 11.9 Å².